The number of carbonyl (C=O) groups excluding carboxylic acids is 1. The third kappa shape index (κ3) is 3.15. The fraction of sp³-hybridized carbons (Fsp3) is 0.417. The first-order chi connectivity index (χ1) is 9.25. The van der Waals surface area contributed by atoms with Gasteiger partial charge in [0.25, 0.3) is 15.0 Å². The van der Waals surface area contributed by atoms with Gasteiger partial charge in [-0.25, -0.2) is 12.8 Å². The molecule has 8 heteroatoms. The van der Waals surface area contributed by atoms with Gasteiger partial charge >= 0.3 is 0 Å². The zero-order valence-corrected chi connectivity index (χ0v) is 13.7. The molecular formula is C12H12BrClFNO3S. The average molecular weight is 385 g/mol. The van der Waals surface area contributed by atoms with Crippen molar-refractivity contribution in [3.05, 3.63) is 28.0 Å². The molecule has 0 radical (unpaired) electrons. The average Bonchev–Trinajstić information content (AvgIpc) is 3.12. The number of nitrogens with zero attached hydrogens (tertiary/aromatic N) is 1. The predicted octanol–water partition coefficient (Wildman–Crippen LogP) is 3.14. The second-order valence-electron chi connectivity index (χ2n) is 4.52. The van der Waals surface area contributed by atoms with Crippen LogP contribution in [0.1, 0.15) is 30.1 Å². The van der Waals surface area contributed by atoms with Crippen LogP contribution in [0.5, 0.6) is 0 Å². The Morgan fingerprint density at radius 3 is 2.55 bits per heavy atom. The van der Waals surface area contributed by atoms with Gasteiger partial charge in [0.15, 0.2) is 0 Å². The van der Waals surface area contributed by atoms with Crippen molar-refractivity contribution in [2.45, 2.75) is 30.7 Å². The third-order valence-corrected chi connectivity index (χ3v) is 5.10. The van der Waals surface area contributed by atoms with Crippen molar-refractivity contribution in [2.75, 3.05) is 6.54 Å². The van der Waals surface area contributed by atoms with Crippen molar-refractivity contribution in [1.29, 1.82) is 0 Å². The lowest BCUT2D eigenvalue weighted by Gasteiger charge is -2.21. The molecule has 1 saturated carbocycles. The molecule has 1 aliphatic carbocycles. The number of benzene rings is 1. The lowest BCUT2D eigenvalue weighted by molar-refractivity contribution is 0.0751. The molecule has 0 aliphatic heterocycles. The van der Waals surface area contributed by atoms with Gasteiger partial charge in [-0.15, -0.1) is 0 Å². The predicted molar refractivity (Wildman–Crippen MR) is 76.9 cm³/mol. The normalized spacial score (nSPS) is 15.2. The molecule has 4 nitrogen and oxygen atoms in total. The second-order valence-corrected chi connectivity index (χ2v) is 7.91. The minimum atomic E-state index is -4.24. The smallest absolute Gasteiger partial charge is 0.264 e. The first kappa shape index (κ1) is 15.7. The van der Waals surface area contributed by atoms with E-state index in [1.54, 1.807) is 4.90 Å². The third-order valence-electron chi connectivity index (χ3n) is 3.10. The van der Waals surface area contributed by atoms with Crippen molar-refractivity contribution in [3.63, 3.8) is 0 Å². The summed E-state index contributed by atoms with van der Waals surface area (Å²) in [7, 11) is 0.936. The molecule has 1 aromatic rings. The summed E-state index contributed by atoms with van der Waals surface area (Å²) in [5, 5.41) is 0. The van der Waals surface area contributed by atoms with Gasteiger partial charge in [0.2, 0.25) is 0 Å². The second kappa shape index (κ2) is 5.61. The van der Waals surface area contributed by atoms with E-state index in [1.165, 1.54) is 0 Å². The largest absolute Gasteiger partial charge is 0.336 e. The number of amides is 1. The monoisotopic (exact) mass is 383 g/mol. The van der Waals surface area contributed by atoms with E-state index in [9.17, 15) is 17.6 Å². The summed E-state index contributed by atoms with van der Waals surface area (Å²) in [6.45, 7) is 2.35. The number of carbonyl (C=O) groups is 1. The lowest BCUT2D eigenvalue weighted by Crippen LogP contribution is -2.33. The fourth-order valence-corrected chi connectivity index (χ4v) is 3.38. The number of hydrogen-bond donors (Lipinski definition) is 0. The standard InChI is InChI=1S/C12H12BrClFNO3S/c1-2-16(7-3-4-7)12(17)8-5-11(20(14,18)19)10(15)6-9(8)13/h5-7H,2-4H2,1H3. The van der Waals surface area contributed by atoms with Gasteiger partial charge in [-0.2, -0.15) is 0 Å². The van der Waals surface area contributed by atoms with Gasteiger partial charge in [-0.05, 0) is 47.8 Å². The molecule has 0 aromatic heterocycles. The molecule has 0 unspecified atom stereocenters. The molecule has 2 rings (SSSR count). The number of halogens is 3. The van der Waals surface area contributed by atoms with Crippen molar-refractivity contribution >= 4 is 41.6 Å². The van der Waals surface area contributed by atoms with Gasteiger partial charge in [0.1, 0.15) is 10.7 Å². The van der Waals surface area contributed by atoms with Crippen molar-refractivity contribution in [1.82, 2.24) is 4.90 Å². The molecule has 0 bridgehead atoms. The summed E-state index contributed by atoms with van der Waals surface area (Å²) in [5.74, 6) is -1.32. The zero-order chi connectivity index (χ0) is 15.1. The molecule has 0 atom stereocenters. The van der Waals surface area contributed by atoms with Gasteiger partial charge in [0.05, 0.1) is 5.56 Å². The Hall–Kier alpha value is -0.660. The maximum Gasteiger partial charge on any atom is 0.264 e. The molecule has 110 valence electrons. The van der Waals surface area contributed by atoms with E-state index in [0.29, 0.717) is 6.54 Å². The quantitative estimate of drug-likeness (QED) is 0.749. The molecule has 0 saturated heterocycles. The van der Waals surface area contributed by atoms with E-state index in [2.05, 4.69) is 15.9 Å². The minimum Gasteiger partial charge on any atom is -0.336 e. The highest BCUT2D eigenvalue weighted by Crippen LogP contribution is 2.32. The molecule has 1 fully saturated rings. The summed E-state index contributed by atoms with van der Waals surface area (Å²) in [6.07, 6.45) is 1.86. The van der Waals surface area contributed by atoms with E-state index in [0.717, 1.165) is 25.0 Å². The summed E-state index contributed by atoms with van der Waals surface area (Å²) >= 11 is 3.09. The van der Waals surface area contributed by atoms with Crippen LogP contribution in [0.25, 0.3) is 0 Å². The summed E-state index contributed by atoms with van der Waals surface area (Å²) < 4.78 is 36.5. The van der Waals surface area contributed by atoms with Gasteiger partial charge < -0.3 is 4.90 Å². The molecule has 1 aromatic carbocycles. The van der Waals surface area contributed by atoms with Crippen LogP contribution in [-0.4, -0.2) is 31.8 Å². The van der Waals surface area contributed by atoms with Gasteiger partial charge in [-0.3, -0.25) is 4.79 Å². The number of hydrogen-bond acceptors (Lipinski definition) is 3. The topological polar surface area (TPSA) is 54.5 Å². The highest BCUT2D eigenvalue weighted by Gasteiger charge is 2.33. The lowest BCUT2D eigenvalue weighted by atomic mass is 10.2. The van der Waals surface area contributed by atoms with Gasteiger partial charge in [0, 0.05) is 27.7 Å². The van der Waals surface area contributed by atoms with E-state index >= 15 is 0 Å². The summed E-state index contributed by atoms with van der Waals surface area (Å²) in [4.78, 5) is 13.4. The maximum atomic E-state index is 13.6. The molecule has 0 heterocycles. The van der Waals surface area contributed by atoms with Crippen LogP contribution >= 0.6 is 26.6 Å². The van der Waals surface area contributed by atoms with Crippen LogP contribution in [0, 0.1) is 5.82 Å². The van der Waals surface area contributed by atoms with Gasteiger partial charge in [-0.1, -0.05) is 0 Å². The molecule has 1 aliphatic rings. The number of rotatable bonds is 4. The Kier molecular flexibility index (Phi) is 4.41. The van der Waals surface area contributed by atoms with Crippen LogP contribution < -0.4 is 0 Å². The van der Waals surface area contributed by atoms with E-state index in [1.807, 2.05) is 6.92 Å². The Labute approximate surface area is 129 Å². The first-order valence-corrected chi connectivity index (χ1v) is 9.10. The maximum absolute atomic E-state index is 13.6. The van der Waals surface area contributed by atoms with Crippen LogP contribution in [0.4, 0.5) is 4.39 Å². The molecular weight excluding hydrogens is 373 g/mol. The SMILES string of the molecule is CCN(C(=O)c1cc(S(=O)(=O)Cl)c(F)cc1Br)C1CC1. The first-order valence-electron chi connectivity index (χ1n) is 6.00. The Balaban J connectivity index is 2.48. The Morgan fingerprint density at radius 2 is 2.10 bits per heavy atom. The van der Waals surface area contributed by atoms with Crippen molar-refractivity contribution in [2.24, 2.45) is 0 Å². The molecule has 20 heavy (non-hydrogen) atoms. The summed E-state index contributed by atoms with van der Waals surface area (Å²) in [5.41, 5.74) is 0.0966. The Morgan fingerprint density at radius 1 is 1.50 bits per heavy atom. The highest BCUT2D eigenvalue weighted by molar-refractivity contribution is 9.10. The van der Waals surface area contributed by atoms with Crippen LogP contribution in [-0.2, 0) is 9.05 Å². The zero-order valence-electron chi connectivity index (χ0n) is 10.6. The van der Waals surface area contributed by atoms with Crippen LogP contribution in [0.2, 0.25) is 0 Å². The van der Waals surface area contributed by atoms with Crippen LogP contribution in [0.3, 0.4) is 0 Å². The Bertz CT molecular complexity index is 661. The molecule has 0 N–H and O–H groups in total. The fourth-order valence-electron chi connectivity index (χ4n) is 1.99. The summed E-state index contributed by atoms with van der Waals surface area (Å²) in [6, 6.07) is 2.11. The molecule has 0 spiro atoms. The minimum absolute atomic E-state index is 0.0966. The van der Waals surface area contributed by atoms with E-state index in [4.69, 9.17) is 10.7 Å². The van der Waals surface area contributed by atoms with Crippen molar-refractivity contribution < 1.29 is 17.6 Å². The van der Waals surface area contributed by atoms with E-state index < -0.39 is 19.8 Å². The highest BCUT2D eigenvalue weighted by atomic mass is 79.9. The van der Waals surface area contributed by atoms with Crippen molar-refractivity contribution in [3.8, 4) is 0 Å². The van der Waals surface area contributed by atoms with Crippen LogP contribution in [0.15, 0.2) is 21.5 Å². The molecule has 1 amide bonds. The van der Waals surface area contributed by atoms with E-state index in [-0.39, 0.29) is 22.0 Å².